The van der Waals surface area contributed by atoms with Crippen LogP contribution in [0.5, 0.6) is 5.75 Å². The molecule has 0 aliphatic carbocycles. The number of aryl methyl sites for hydroxylation is 1. The van der Waals surface area contributed by atoms with Gasteiger partial charge in [0.1, 0.15) is 11.5 Å². The molecule has 0 spiro atoms. The zero-order valence-corrected chi connectivity index (χ0v) is 9.49. The highest BCUT2D eigenvalue weighted by Gasteiger charge is 2.31. The second kappa shape index (κ2) is 4.72. The van der Waals surface area contributed by atoms with Gasteiger partial charge in [0.25, 0.3) is 0 Å². The highest BCUT2D eigenvalue weighted by molar-refractivity contribution is 5.30. The van der Waals surface area contributed by atoms with Crippen LogP contribution < -0.4 is 4.74 Å². The average molecular weight is 257 g/mol. The number of hydrogen-bond acceptors (Lipinski definition) is 3. The van der Waals surface area contributed by atoms with Crippen molar-refractivity contribution in [2.75, 3.05) is 0 Å². The van der Waals surface area contributed by atoms with E-state index in [-0.39, 0.29) is 5.75 Å². The van der Waals surface area contributed by atoms with Crippen LogP contribution in [0, 0.1) is 6.92 Å². The number of benzene rings is 1. The maximum atomic E-state index is 12.1. The smallest absolute Gasteiger partial charge is 0.446 e. The number of aromatic nitrogens is 1. The van der Waals surface area contributed by atoms with Gasteiger partial charge >= 0.3 is 6.36 Å². The van der Waals surface area contributed by atoms with Gasteiger partial charge in [-0.2, -0.15) is 0 Å². The lowest BCUT2D eigenvalue weighted by atomic mass is 10.1. The number of nitrogens with zero attached hydrogens (tertiary/aromatic N) is 1. The van der Waals surface area contributed by atoms with Crippen LogP contribution in [0.3, 0.4) is 0 Å². The van der Waals surface area contributed by atoms with E-state index >= 15 is 0 Å². The molecular weight excluding hydrogens is 247 g/mol. The molecular formula is C12H10F3NO2. The van der Waals surface area contributed by atoms with Gasteiger partial charge in [-0.25, -0.2) is 4.98 Å². The van der Waals surface area contributed by atoms with Crippen LogP contribution in [-0.4, -0.2) is 11.3 Å². The number of halogens is 3. The van der Waals surface area contributed by atoms with Gasteiger partial charge in [-0.3, -0.25) is 0 Å². The summed E-state index contributed by atoms with van der Waals surface area (Å²) in [6.07, 6.45) is -2.80. The number of rotatable bonds is 3. The Balaban J connectivity index is 2.12. The standard InChI is InChI=1S/C12H10F3NO2/c1-8-7-16-11(17-8)6-9-3-2-4-10(5-9)18-12(13,14)15/h2-5,7H,6H2,1H3. The highest BCUT2D eigenvalue weighted by Crippen LogP contribution is 2.24. The molecule has 0 fully saturated rings. The Hall–Kier alpha value is -1.98. The molecule has 0 aliphatic rings. The first-order chi connectivity index (χ1) is 8.42. The summed E-state index contributed by atoms with van der Waals surface area (Å²) in [5.41, 5.74) is 0.638. The molecule has 0 N–H and O–H groups in total. The van der Waals surface area contributed by atoms with E-state index < -0.39 is 6.36 Å². The van der Waals surface area contributed by atoms with Crippen LogP contribution >= 0.6 is 0 Å². The van der Waals surface area contributed by atoms with Crippen LogP contribution in [-0.2, 0) is 6.42 Å². The summed E-state index contributed by atoms with van der Waals surface area (Å²) < 4.78 is 45.2. The third-order valence-electron chi connectivity index (χ3n) is 2.16. The summed E-state index contributed by atoms with van der Waals surface area (Å²) in [6.45, 7) is 1.75. The SMILES string of the molecule is Cc1cnc(Cc2cccc(OC(F)(F)F)c2)o1. The number of ether oxygens (including phenoxy) is 1. The number of oxazole rings is 1. The quantitative estimate of drug-likeness (QED) is 0.844. The van der Waals surface area contributed by atoms with Crippen LogP contribution in [0.1, 0.15) is 17.2 Å². The molecule has 3 nitrogen and oxygen atoms in total. The second-order valence-electron chi connectivity index (χ2n) is 3.74. The fourth-order valence-electron chi connectivity index (χ4n) is 1.51. The largest absolute Gasteiger partial charge is 0.573 e. The molecule has 1 heterocycles. The minimum atomic E-state index is -4.68. The Bertz CT molecular complexity index is 534. The van der Waals surface area contributed by atoms with Gasteiger partial charge in [-0.05, 0) is 24.6 Å². The van der Waals surface area contributed by atoms with Crippen molar-refractivity contribution < 1.29 is 22.3 Å². The van der Waals surface area contributed by atoms with Gasteiger partial charge in [0.15, 0.2) is 5.89 Å². The number of alkyl halides is 3. The minimum absolute atomic E-state index is 0.247. The highest BCUT2D eigenvalue weighted by atomic mass is 19.4. The molecule has 1 aromatic heterocycles. The van der Waals surface area contributed by atoms with Gasteiger partial charge in [0, 0.05) is 6.42 Å². The zero-order valence-electron chi connectivity index (χ0n) is 9.49. The molecule has 0 aliphatic heterocycles. The summed E-state index contributed by atoms with van der Waals surface area (Å²) in [7, 11) is 0. The molecule has 2 rings (SSSR count). The van der Waals surface area contributed by atoms with Crippen LogP contribution in [0.4, 0.5) is 13.2 Å². The summed E-state index contributed by atoms with van der Waals surface area (Å²) in [5.74, 6) is 0.868. The van der Waals surface area contributed by atoms with Crippen molar-refractivity contribution >= 4 is 0 Å². The third kappa shape index (κ3) is 3.51. The van der Waals surface area contributed by atoms with E-state index in [4.69, 9.17) is 4.42 Å². The molecule has 0 atom stereocenters. The average Bonchev–Trinajstić information content (AvgIpc) is 2.62. The van der Waals surface area contributed by atoms with Crippen molar-refractivity contribution in [3.05, 3.63) is 47.7 Å². The molecule has 18 heavy (non-hydrogen) atoms. The summed E-state index contributed by atoms with van der Waals surface area (Å²) in [5, 5.41) is 0. The van der Waals surface area contributed by atoms with Crippen molar-refractivity contribution in [2.45, 2.75) is 19.7 Å². The van der Waals surface area contributed by atoms with Gasteiger partial charge in [-0.1, -0.05) is 12.1 Å². The van der Waals surface area contributed by atoms with Crippen molar-refractivity contribution in [1.82, 2.24) is 4.98 Å². The lowest BCUT2D eigenvalue weighted by Crippen LogP contribution is -2.17. The predicted octanol–water partition coefficient (Wildman–Crippen LogP) is 3.47. The molecule has 96 valence electrons. The first-order valence-electron chi connectivity index (χ1n) is 5.18. The minimum Gasteiger partial charge on any atom is -0.446 e. The van der Waals surface area contributed by atoms with Gasteiger partial charge in [-0.15, -0.1) is 13.2 Å². The maximum absolute atomic E-state index is 12.1. The molecule has 0 amide bonds. The summed E-state index contributed by atoms with van der Waals surface area (Å²) >= 11 is 0. The zero-order chi connectivity index (χ0) is 13.2. The Morgan fingerprint density at radius 2 is 2.11 bits per heavy atom. The normalized spacial score (nSPS) is 11.6. The summed E-state index contributed by atoms with van der Waals surface area (Å²) in [6, 6.07) is 5.74. The van der Waals surface area contributed by atoms with E-state index in [0.29, 0.717) is 23.6 Å². The number of hydrogen-bond donors (Lipinski definition) is 0. The van der Waals surface area contributed by atoms with E-state index in [1.165, 1.54) is 18.2 Å². The molecule has 0 bridgehead atoms. The van der Waals surface area contributed by atoms with E-state index in [0.717, 1.165) is 0 Å². The van der Waals surface area contributed by atoms with Crippen molar-refractivity contribution in [1.29, 1.82) is 0 Å². The molecule has 2 aromatic rings. The third-order valence-corrected chi connectivity index (χ3v) is 2.16. The first-order valence-corrected chi connectivity index (χ1v) is 5.18. The fraction of sp³-hybridized carbons (Fsp3) is 0.250. The molecule has 0 unspecified atom stereocenters. The van der Waals surface area contributed by atoms with E-state index in [2.05, 4.69) is 9.72 Å². The molecule has 0 saturated carbocycles. The molecule has 6 heteroatoms. The van der Waals surface area contributed by atoms with Crippen molar-refractivity contribution in [3.8, 4) is 5.75 Å². The Labute approximate surface area is 101 Å². The monoisotopic (exact) mass is 257 g/mol. The Morgan fingerprint density at radius 1 is 1.33 bits per heavy atom. The van der Waals surface area contributed by atoms with Crippen molar-refractivity contribution in [3.63, 3.8) is 0 Å². The van der Waals surface area contributed by atoms with E-state index in [1.54, 1.807) is 19.2 Å². The van der Waals surface area contributed by atoms with Crippen molar-refractivity contribution in [2.24, 2.45) is 0 Å². The summed E-state index contributed by atoms with van der Waals surface area (Å²) in [4.78, 5) is 3.99. The maximum Gasteiger partial charge on any atom is 0.573 e. The second-order valence-corrected chi connectivity index (χ2v) is 3.74. The van der Waals surface area contributed by atoms with Crippen LogP contribution in [0.25, 0.3) is 0 Å². The fourth-order valence-corrected chi connectivity index (χ4v) is 1.51. The lowest BCUT2D eigenvalue weighted by molar-refractivity contribution is -0.274. The van der Waals surface area contributed by atoms with E-state index in [9.17, 15) is 13.2 Å². The van der Waals surface area contributed by atoms with Gasteiger partial charge < -0.3 is 9.15 Å². The predicted molar refractivity (Wildman–Crippen MR) is 57.2 cm³/mol. The molecule has 0 radical (unpaired) electrons. The van der Waals surface area contributed by atoms with Gasteiger partial charge in [0.05, 0.1) is 6.20 Å². The van der Waals surface area contributed by atoms with Crippen LogP contribution in [0.15, 0.2) is 34.9 Å². The first kappa shape index (κ1) is 12.5. The van der Waals surface area contributed by atoms with Crippen LogP contribution in [0.2, 0.25) is 0 Å². The van der Waals surface area contributed by atoms with E-state index in [1.807, 2.05) is 0 Å². The Morgan fingerprint density at radius 3 is 2.72 bits per heavy atom. The topological polar surface area (TPSA) is 35.3 Å². The van der Waals surface area contributed by atoms with Gasteiger partial charge in [0.2, 0.25) is 0 Å². The Kier molecular flexibility index (Phi) is 3.27. The lowest BCUT2D eigenvalue weighted by Gasteiger charge is -2.09. The molecule has 1 aromatic carbocycles. The molecule has 0 saturated heterocycles.